The summed E-state index contributed by atoms with van der Waals surface area (Å²) in [6.07, 6.45) is 0.945. The van der Waals surface area contributed by atoms with Crippen molar-refractivity contribution in [3.8, 4) is 11.5 Å². The van der Waals surface area contributed by atoms with Gasteiger partial charge in [-0.25, -0.2) is 0 Å². The number of nitrogens with one attached hydrogen (secondary N) is 1. The van der Waals surface area contributed by atoms with Gasteiger partial charge in [-0.2, -0.15) is 0 Å². The standard InChI is InChI=1S/C13H18N2O3/c1-17-11-5-4-10(8-12(11)18-2)15-7-3-6-14-9-13(15)16/h4-5,8,14H,3,6-7,9H2,1-2H3. The molecule has 0 unspecified atom stereocenters. The molecular weight excluding hydrogens is 232 g/mol. The van der Waals surface area contributed by atoms with Crippen molar-refractivity contribution in [2.45, 2.75) is 6.42 Å². The number of rotatable bonds is 3. The fourth-order valence-electron chi connectivity index (χ4n) is 2.04. The third kappa shape index (κ3) is 2.56. The van der Waals surface area contributed by atoms with E-state index >= 15 is 0 Å². The highest BCUT2D eigenvalue weighted by molar-refractivity contribution is 5.95. The maximum absolute atomic E-state index is 12.0. The van der Waals surface area contributed by atoms with Gasteiger partial charge in [-0.05, 0) is 25.1 Å². The summed E-state index contributed by atoms with van der Waals surface area (Å²) in [4.78, 5) is 13.7. The predicted molar refractivity (Wildman–Crippen MR) is 69.4 cm³/mol. The van der Waals surface area contributed by atoms with Gasteiger partial charge in [0.1, 0.15) is 0 Å². The van der Waals surface area contributed by atoms with Crippen LogP contribution in [0.25, 0.3) is 0 Å². The Kier molecular flexibility index (Phi) is 4.04. The number of methoxy groups -OCH3 is 2. The number of amides is 1. The van der Waals surface area contributed by atoms with Crippen LogP contribution in [0, 0.1) is 0 Å². The van der Waals surface area contributed by atoms with Crippen molar-refractivity contribution in [3.05, 3.63) is 18.2 Å². The molecule has 98 valence electrons. The molecule has 5 heteroatoms. The molecule has 1 amide bonds. The third-order valence-corrected chi connectivity index (χ3v) is 2.99. The Hall–Kier alpha value is -1.75. The molecule has 0 saturated carbocycles. The smallest absolute Gasteiger partial charge is 0.240 e. The molecule has 1 heterocycles. The lowest BCUT2D eigenvalue weighted by atomic mass is 10.2. The molecular formula is C13H18N2O3. The highest BCUT2D eigenvalue weighted by Gasteiger charge is 2.19. The van der Waals surface area contributed by atoms with Crippen LogP contribution in [0.4, 0.5) is 5.69 Å². The molecule has 18 heavy (non-hydrogen) atoms. The quantitative estimate of drug-likeness (QED) is 0.870. The van der Waals surface area contributed by atoms with Crippen LogP contribution in [0.2, 0.25) is 0 Å². The minimum atomic E-state index is 0.0831. The number of hydrogen-bond acceptors (Lipinski definition) is 4. The average molecular weight is 250 g/mol. The fraction of sp³-hybridized carbons (Fsp3) is 0.462. The van der Waals surface area contributed by atoms with E-state index in [4.69, 9.17) is 9.47 Å². The van der Waals surface area contributed by atoms with Gasteiger partial charge in [-0.15, -0.1) is 0 Å². The molecule has 2 rings (SSSR count). The molecule has 1 aromatic rings. The van der Waals surface area contributed by atoms with Gasteiger partial charge in [0.2, 0.25) is 5.91 Å². The van der Waals surface area contributed by atoms with Crippen molar-refractivity contribution < 1.29 is 14.3 Å². The molecule has 1 aliphatic heterocycles. The van der Waals surface area contributed by atoms with Crippen LogP contribution in [0.15, 0.2) is 18.2 Å². The minimum absolute atomic E-state index is 0.0831. The topological polar surface area (TPSA) is 50.8 Å². The number of benzene rings is 1. The first-order valence-electron chi connectivity index (χ1n) is 5.99. The molecule has 5 nitrogen and oxygen atoms in total. The zero-order valence-electron chi connectivity index (χ0n) is 10.7. The molecule has 1 N–H and O–H groups in total. The summed E-state index contributed by atoms with van der Waals surface area (Å²) in [5.41, 5.74) is 0.848. The molecule has 1 aromatic carbocycles. The molecule has 0 bridgehead atoms. The Labute approximate surface area is 107 Å². The van der Waals surface area contributed by atoms with Crippen molar-refractivity contribution in [3.63, 3.8) is 0 Å². The van der Waals surface area contributed by atoms with Crippen LogP contribution < -0.4 is 19.7 Å². The van der Waals surface area contributed by atoms with Gasteiger partial charge in [0, 0.05) is 18.3 Å². The number of carbonyl (C=O) groups is 1. The largest absolute Gasteiger partial charge is 0.493 e. The first-order valence-corrected chi connectivity index (χ1v) is 5.99. The summed E-state index contributed by atoms with van der Waals surface area (Å²) in [5.74, 6) is 1.39. The van der Waals surface area contributed by atoms with E-state index in [-0.39, 0.29) is 5.91 Å². The Bertz CT molecular complexity index is 434. The Morgan fingerprint density at radius 3 is 2.72 bits per heavy atom. The second kappa shape index (κ2) is 5.73. The van der Waals surface area contributed by atoms with E-state index in [2.05, 4.69) is 5.32 Å². The lowest BCUT2D eigenvalue weighted by molar-refractivity contribution is -0.117. The second-order valence-corrected chi connectivity index (χ2v) is 4.11. The number of hydrogen-bond donors (Lipinski definition) is 1. The lowest BCUT2D eigenvalue weighted by Gasteiger charge is -2.21. The number of carbonyl (C=O) groups excluding carboxylic acids is 1. The van der Waals surface area contributed by atoms with Gasteiger partial charge in [0.15, 0.2) is 11.5 Å². The lowest BCUT2D eigenvalue weighted by Crippen LogP contribution is -2.34. The van der Waals surface area contributed by atoms with Crippen LogP contribution in [0.5, 0.6) is 11.5 Å². The zero-order chi connectivity index (χ0) is 13.0. The van der Waals surface area contributed by atoms with E-state index in [0.717, 1.165) is 25.2 Å². The first kappa shape index (κ1) is 12.7. The zero-order valence-corrected chi connectivity index (χ0v) is 10.7. The number of nitrogens with zero attached hydrogens (tertiary/aromatic N) is 1. The van der Waals surface area contributed by atoms with E-state index in [0.29, 0.717) is 18.0 Å². The van der Waals surface area contributed by atoms with Gasteiger partial charge >= 0.3 is 0 Å². The Balaban J connectivity index is 2.28. The molecule has 0 atom stereocenters. The second-order valence-electron chi connectivity index (χ2n) is 4.11. The van der Waals surface area contributed by atoms with Gasteiger partial charge < -0.3 is 19.7 Å². The fourth-order valence-corrected chi connectivity index (χ4v) is 2.04. The average Bonchev–Trinajstić information content (AvgIpc) is 2.62. The summed E-state index contributed by atoms with van der Waals surface area (Å²) in [7, 11) is 3.19. The minimum Gasteiger partial charge on any atom is -0.493 e. The van der Waals surface area contributed by atoms with Crippen molar-refractivity contribution in [2.75, 3.05) is 38.8 Å². The van der Waals surface area contributed by atoms with Crippen LogP contribution >= 0.6 is 0 Å². The molecule has 0 aromatic heterocycles. The molecule has 0 radical (unpaired) electrons. The third-order valence-electron chi connectivity index (χ3n) is 2.99. The summed E-state index contributed by atoms with van der Waals surface area (Å²) in [5, 5.41) is 3.10. The van der Waals surface area contributed by atoms with Crippen molar-refractivity contribution >= 4 is 11.6 Å². The van der Waals surface area contributed by atoms with Crippen LogP contribution in [0.1, 0.15) is 6.42 Å². The van der Waals surface area contributed by atoms with Crippen molar-refractivity contribution in [1.82, 2.24) is 5.32 Å². The first-order chi connectivity index (χ1) is 8.76. The van der Waals surface area contributed by atoms with E-state index in [1.54, 1.807) is 19.1 Å². The van der Waals surface area contributed by atoms with Gasteiger partial charge in [-0.1, -0.05) is 0 Å². The molecule has 1 saturated heterocycles. The number of anilines is 1. The van der Waals surface area contributed by atoms with Gasteiger partial charge in [0.25, 0.3) is 0 Å². The summed E-state index contributed by atoms with van der Waals surface area (Å²) in [6.45, 7) is 1.98. The van der Waals surface area contributed by atoms with E-state index in [1.807, 2.05) is 18.2 Å². The summed E-state index contributed by atoms with van der Waals surface area (Å²) < 4.78 is 10.4. The number of ether oxygens (including phenoxy) is 2. The maximum atomic E-state index is 12.0. The molecule has 1 fully saturated rings. The Morgan fingerprint density at radius 2 is 2.00 bits per heavy atom. The molecule has 0 aliphatic carbocycles. The molecule has 0 spiro atoms. The Morgan fingerprint density at radius 1 is 1.22 bits per heavy atom. The maximum Gasteiger partial charge on any atom is 0.240 e. The summed E-state index contributed by atoms with van der Waals surface area (Å²) in [6, 6.07) is 5.53. The normalized spacial score (nSPS) is 16.3. The van der Waals surface area contributed by atoms with Gasteiger partial charge in [0.05, 0.1) is 20.8 Å². The highest BCUT2D eigenvalue weighted by atomic mass is 16.5. The van der Waals surface area contributed by atoms with Crippen molar-refractivity contribution in [1.29, 1.82) is 0 Å². The van der Waals surface area contributed by atoms with Crippen molar-refractivity contribution in [2.24, 2.45) is 0 Å². The molecule has 1 aliphatic rings. The monoisotopic (exact) mass is 250 g/mol. The predicted octanol–water partition coefficient (Wildman–Crippen LogP) is 1.03. The van der Waals surface area contributed by atoms with E-state index in [1.165, 1.54) is 0 Å². The summed E-state index contributed by atoms with van der Waals surface area (Å²) >= 11 is 0. The van der Waals surface area contributed by atoms with Crippen LogP contribution in [-0.4, -0.2) is 39.8 Å². The van der Waals surface area contributed by atoms with Gasteiger partial charge in [-0.3, -0.25) is 4.79 Å². The van der Waals surface area contributed by atoms with Crippen LogP contribution in [0.3, 0.4) is 0 Å². The highest BCUT2D eigenvalue weighted by Crippen LogP contribution is 2.31. The van der Waals surface area contributed by atoms with E-state index < -0.39 is 0 Å². The van der Waals surface area contributed by atoms with E-state index in [9.17, 15) is 4.79 Å². The SMILES string of the molecule is COc1ccc(N2CCCNCC2=O)cc1OC. The van der Waals surface area contributed by atoms with Crippen LogP contribution in [-0.2, 0) is 4.79 Å².